The summed E-state index contributed by atoms with van der Waals surface area (Å²) in [5.74, 6) is -1.69. The minimum absolute atomic E-state index is 0.0220. The largest absolute Gasteiger partial charge is 0.508 e. The van der Waals surface area contributed by atoms with E-state index in [9.17, 15) is 19.8 Å². The van der Waals surface area contributed by atoms with Crippen molar-refractivity contribution in [2.24, 2.45) is 5.73 Å². The third kappa shape index (κ3) is 3.20. The molecule has 4 N–H and O–H groups in total. The summed E-state index contributed by atoms with van der Waals surface area (Å²) >= 11 is 0. The highest BCUT2D eigenvalue weighted by atomic mass is 16.4. The van der Waals surface area contributed by atoms with Gasteiger partial charge < -0.3 is 15.9 Å². The second kappa shape index (κ2) is 6.69. The van der Waals surface area contributed by atoms with E-state index in [0.29, 0.717) is 22.3 Å². The predicted octanol–water partition coefficient (Wildman–Crippen LogP) is 1.36. The molecule has 0 aliphatic carbocycles. The Morgan fingerprint density at radius 1 is 1.22 bits per heavy atom. The van der Waals surface area contributed by atoms with E-state index in [1.54, 1.807) is 38.1 Å². The van der Waals surface area contributed by atoms with Gasteiger partial charge in [0.05, 0.1) is 22.3 Å². The van der Waals surface area contributed by atoms with E-state index < -0.39 is 18.0 Å². The molecular weight excluding hydrogens is 350 g/mol. The predicted molar refractivity (Wildman–Crippen MR) is 98.2 cm³/mol. The fourth-order valence-electron chi connectivity index (χ4n) is 3.03. The fraction of sp³-hybridized carbons (Fsp3) is 0.222. The number of aryl methyl sites for hydroxylation is 1. The molecule has 2 heterocycles. The number of benzene rings is 1. The van der Waals surface area contributed by atoms with Gasteiger partial charge in [0.1, 0.15) is 5.75 Å². The number of aromatic hydroxyl groups is 1. The lowest BCUT2D eigenvalue weighted by Gasteiger charge is -2.21. The number of amides is 1. The van der Waals surface area contributed by atoms with Crippen LogP contribution in [0.15, 0.2) is 30.3 Å². The quantitative estimate of drug-likeness (QED) is 0.618. The number of hydrogen-bond acceptors (Lipinski definition) is 6. The number of aromatic nitrogens is 3. The summed E-state index contributed by atoms with van der Waals surface area (Å²) < 4.78 is 1.34. The van der Waals surface area contributed by atoms with E-state index in [2.05, 4.69) is 10.1 Å². The molecule has 0 spiro atoms. The van der Waals surface area contributed by atoms with Gasteiger partial charge in [-0.15, -0.1) is 0 Å². The van der Waals surface area contributed by atoms with Gasteiger partial charge >= 0.3 is 5.97 Å². The lowest BCUT2D eigenvalue weighted by atomic mass is 10.1. The number of fused-ring (bicyclic) bond motifs is 1. The summed E-state index contributed by atoms with van der Waals surface area (Å²) in [7, 11) is 3.33. The number of carboxylic acids is 1. The summed E-state index contributed by atoms with van der Waals surface area (Å²) in [5.41, 5.74) is 7.21. The molecule has 1 atom stereocenters. The molecule has 1 aromatic carbocycles. The van der Waals surface area contributed by atoms with Crippen LogP contribution in [0.2, 0.25) is 0 Å². The molecule has 2 aromatic heterocycles. The zero-order chi connectivity index (χ0) is 19.9. The van der Waals surface area contributed by atoms with Crippen molar-refractivity contribution in [3.8, 4) is 17.0 Å². The minimum Gasteiger partial charge on any atom is -0.508 e. The van der Waals surface area contributed by atoms with Crippen LogP contribution in [-0.2, 0) is 4.79 Å². The highest BCUT2D eigenvalue weighted by Gasteiger charge is 2.27. The minimum atomic E-state index is -1.13. The maximum absolute atomic E-state index is 12.0. The van der Waals surface area contributed by atoms with Gasteiger partial charge in [-0.05, 0) is 51.4 Å². The summed E-state index contributed by atoms with van der Waals surface area (Å²) in [5, 5.41) is 23.8. The molecule has 0 aliphatic rings. The Morgan fingerprint density at radius 3 is 2.37 bits per heavy atom. The zero-order valence-corrected chi connectivity index (χ0v) is 15.0. The molecule has 0 saturated heterocycles. The van der Waals surface area contributed by atoms with Gasteiger partial charge in [-0.3, -0.25) is 9.69 Å². The molecule has 140 valence electrons. The molecule has 1 unspecified atom stereocenters. The molecule has 0 bridgehead atoms. The van der Waals surface area contributed by atoms with Crippen molar-refractivity contribution in [3.63, 3.8) is 0 Å². The lowest BCUT2D eigenvalue weighted by Crippen LogP contribution is -2.37. The Kier molecular flexibility index (Phi) is 4.54. The van der Waals surface area contributed by atoms with Crippen molar-refractivity contribution in [1.82, 2.24) is 19.7 Å². The molecule has 9 nitrogen and oxygen atoms in total. The number of carbonyl (C=O) groups is 2. The monoisotopic (exact) mass is 369 g/mol. The van der Waals surface area contributed by atoms with Crippen LogP contribution in [0.3, 0.4) is 0 Å². The third-order valence-electron chi connectivity index (χ3n) is 4.21. The van der Waals surface area contributed by atoms with Gasteiger partial charge in [-0.1, -0.05) is 0 Å². The van der Waals surface area contributed by atoms with Crippen LogP contribution >= 0.6 is 0 Å². The number of primary amides is 1. The van der Waals surface area contributed by atoms with Crippen LogP contribution in [0.25, 0.3) is 22.3 Å². The Bertz CT molecular complexity index is 1040. The molecule has 0 saturated carbocycles. The number of likely N-dealkylation sites (N-methyl/N-ethyl adjacent to an activating group) is 1. The van der Waals surface area contributed by atoms with Gasteiger partial charge in [0.25, 0.3) is 5.91 Å². The van der Waals surface area contributed by atoms with E-state index in [-0.39, 0.29) is 17.0 Å². The molecular formula is C18H19N5O4. The van der Waals surface area contributed by atoms with Crippen molar-refractivity contribution >= 4 is 22.9 Å². The number of phenolic OH excluding ortho intramolecular Hbond substituents is 1. The molecule has 3 aromatic rings. The van der Waals surface area contributed by atoms with Crippen molar-refractivity contribution < 1.29 is 19.8 Å². The first-order valence-electron chi connectivity index (χ1n) is 8.09. The second-order valence-corrected chi connectivity index (χ2v) is 6.38. The fourth-order valence-corrected chi connectivity index (χ4v) is 3.03. The summed E-state index contributed by atoms with van der Waals surface area (Å²) in [6.07, 6.45) is -0.926. The molecule has 0 fully saturated rings. The van der Waals surface area contributed by atoms with Crippen LogP contribution in [0.4, 0.5) is 0 Å². The van der Waals surface area contributed by atoms with Gasteiger partial charge in [0.2, 0.25) is 0 Å². The van der Waals surface area contributed by atoms with Gasteiger partial charge in [0.15, 0.2) is 11.8 Å². The highest BCUT2D eigenvalue weighted by molar-refractivity contribution is 6.04. The lowest BCUT2D eigenvalue weighted by molar-refractivity contribution is -0.125. The van der Waals surface area contributed by atoms with Crippen LogP contribution in [-0.4, -0.2) is 55.8 Å². The highest BCUT2D eigenvalue weighted by Crippen LogP contribution is 2.29. The first kappa shape index (κ1) is 18.3. The molecule has 0 radical (unpaired) electrons. The first-order chi connectivity index (χ1) is 12.7. The number of nitrogens with two attached hydrogens (primary N) is 1. The number of pyridine rings is 1. The Balaban J connectivity index is 2.35. The van der Waals surface area contributed by atoms with Gasteiger partial charge in [0, 0.05) is 5.56 Å². The average Bonchev–Trinajstić information content (AvgIpc) is 2.90. The number of hydrogen-bond donors (Lipinski definition) is 3. The van der Waals surface area contributed by atoms with Crippen LogP contribution in [0.5, 0.6) is 5.75 Å². The van der Waals surface area contributed by atoms with E-state index in [0.717, 1.165) is 0 Å². The molecule has 3 rings (SSSR count). The van der Waals surface area contributed by atoms with Crippen molar-refractivity contribution in [2.45, 2.75) is 13.1 Å². The molecule has 9 heteroatoms. The SMILES string of the molecule is Cc1nn(C(C(N)=O)N(C)C)c2nc(-c3ccc(O)cc3)cc(C(=O)O)c12. The van der Waals surface area contributed by atoms with Crippen molar-refractivity contribution in [3.05, 3.63) is 41.6 Å². The van der Waals surface area contributed by atoms with E-state index >= 15 is 0 Å². The summed E-state index contributed by atoms with van der Waals surface area (Å²) in [6.45, 7) is 1.65. The van der Waals surface area contributed by atoms with Crippen molar-refractivity contribution in [1.29, 1.82) is 0 Å². The van der Waals surface area contributed by atoms with E-state index in [1.807, 2.05) is 0 Å². The number of aromatic carboxylic acids is 1. The van der Waals surface area contributed by atoms with E-state index in [4.69, 9.17) is 5.73 Å². The van der Waals surface area contributed by atoms with Crippen LogP contribution in [0, 0.1) is 6.92 Å². The zero-order valence-electron chi connectivity index (χ0n) is 15.0. The van der Waals surface area contributed by atoms with Gasteiger partial charge in [-0.25, -0.2) is 14.5 Å². The molecule has 0 aliphatic heterocycles. The number of rotatable bonds is 5. The first-order valence-corrected chi connectivity index (χ1v) is 8.09. The summed E-state index contributed by atoms with van der Waals surface area (Å²) in [4.78, 5) is 29.9. The standard InChI is InChI=1S/C18H19N5O4/c1-9-14-12(18(26)27)8-13(10-4-6-11(24)7-5-10)20-16(14)23(21-9)17(15(19)25)22(2)3/h4-8,17,24H,1-3H3,(H2,19,25)(H,26,27). The average molecular weight is 369 g/mol. The third-order valence-corrected chi connectivity index (χ3v) is 4.21. The normalized spacial score (nSPS) is 12.4. The van der Waals surface area contributed by atoms with Gasteiger partial charge in [-0.2, -0.15) is 5.10 Å². The molecule has 27 heavy (non-hydrogen) atoms. The topological polar surface area (TPSA) is 135 Å². The molecule has 1 amide bonds. The van der Waals surface area contributed by atoms with Crippen LogP contribution in [0.1, 0.15) is 22.2 Å². The Morgan fingerprint density at radius 2 is 1.85 bits per heavy atom. The second-order valence-electron chi connectivity index (χ2n) is 6.38. The Hall–Kier alpha value is -3.46. The number of carbonyl (C=O) groups excluding carboxylic acids is 1. The number of nitrogens with zero attached hydrogens (tertiary/aromatic N) is 4. The smallest absolute Gasteiger partial charge is 0.336 e. The number of carboxylic acid groups (broad SMARTS) is 1. The van der Waals surface area contributed by atoms with E-state index in [1.165, 1.54) is 22.9 Å². The maximum atomic E-state index is 12.0. The number of phenols is 1. The summed E-state index contributed by atoms with van der Waals surface area (Å²) in [6, 6.07) is 7.66. The van der Waals surface area contributed by atoms with Crippen LogP contribution < -0.4 is 5.73 Å². The Labute approximate surface area is 154 Å². The maximum Gasteiger partial charge on any atom is 0.336 e. The van der Waals surface area contributed by atoms with Crippen molar-refractivity contribution in [2.75, 3.05) is 14.1 Å².